The molecule has 1 aromatic carbocycles. The maximum absolute atomic E-state index is 12.7. The van der Waals surface area contributed by atoms with E-state index in [0.717, 1.165) is 0 Å². The van der Waals surface area contributed by atoms with Gasteiger partial charge in [0.05, 0.1) is 11.8 Å². The first-order valence-electron chi connectivity index (χ1n) is 7.66. The van der Waals surface area contributed by atoms with Crippen LogP contribution < -0.4 is 0 Å². The van der Waals surface area contributed by atoms with E-state index in [9.17, 15) is 19.8 Å². The number of furan rings is 1. The molecular formula is C19H16O5. The van der Waals surface area contributed by atoms with Crippen molar-refractivity contribution in [1.82, 2.24) is 0 Å². The Hall–Kier alpha value is -2.50. The molecule has 0 bridgehead atoms. The summed E-state index contributed by atoms with van der Waals surface area (Å²) in [6, 6.07) is 3.46. The van der Waals surface area contributed by atoms with Crippen LogP contribution in [-0.4, -0.2) is 27.6 Å². The molecule has 0 aliphatic heterocycles. The van der Waals surface area contributed by atoms with Gasteiger partial charge in [-0.1, -0.05) is 32.1 Å². The van der Waals surface area contributed by atoms with E-state index in [1.165, 1.54) is 18.4 Å². The van der Waals surface area contributed by atoms with Crippen LogP contribution in [0.3, 0.4) is 0 Å². The molecule has 0 atom stereocenters. The summed E-state index contributed by atoms with van der Waals surface area (Å²) in [7, 11) is 0. The standard InChI is InChI=1S/C19H16O5/c1-9-8-24-17-11-4-5-12-10(6-7-19(22,23)18(12,2)3)14(11)16(21)15(20)13(9)17/h4-8,22-23H,1-3H3. The molecule has 0 amide bonds. The van der Waals surface area contributed by atoms with Crippen LogP contribution in [0, 0.1) is 6.92 Å². The van der Waals surface area contributed by atoms with Crippen LogP contribution in [0.5, 0.6) is 0 Å². The molecule has 2 N–H and O–H groups in total. The lowest BCUT2D eigenvalue weighted by Gasteiger charge is -2.41. The summed E-state index contributed by atoms with van der Waals surface area (Å²) in [5.74, 6) is -2.83. The van der Waals surface area contributed by atoms with Gasteiger partial charge in [0, 0.05) is 16.5 Å². The minimum Gasteiger partial charge on any atom is -0.463 e. The number of carbonyl (C=O) groups is 2. The molecule has 5 nitrogen and oxygen atoms in total. The summed E-state index contributed by atoms with van der Waals surface area (Å²) < 4.78 is 5.52. The molecule has 5 heteroatoms. The first kappa shape index (κ1) is 15.1. The van der Waals surface area contributed by atoms with Crippen molar-refractivity contribution in [3.05, 3.63) is 52.3 Å². The molecule has 2 aliphatic carbocycles. The van der Waals surface area contributed by atoms with Gasteiger partial charge in [-0.15, -0.1) is 0 Å². The molecule has 1 aromatic heterocycles. The van der Waals surface area contributed by atoms with E-state index in [2.05, 4.69) is 0 Å². The van der Waals surface area contributed by atoms with Crippen LogP contribution in [0.4, 0.5) is 0 Å². The zero-order valence-electron chi connectivity index (χ0n) is 13.5. The fourth-order valence-corrected chi connectivity index (χ4v) is 3.53. The third-order valence-electron chi connectivity index (χ3n) is 5.20. The summed E-state index contributed by atoms with van der Waals surface area (Å²) >= 11 is 0. The maximum atomic E-state index is 12.7. The second kappa shape index (κ2) is 4.32. The van der Waals surface area contributed by atoms with Gasteiger partial charge in [0.15, 0.2) is 5.79 Å². The highest BCUT2D eigenvalue weighted by Crippen LogP contribution is 2.46. The number of carbonyl (C=O) groups excluding carboxylic acids is 2. The normalized spacial score (nSPS) is 19.7. The maximum Gasteiger partial charge on any atom is 0.237 e. The van der Waals surface area contributed by atoms with Crippen molar-refractivity contribution < 1.29 is 24.2 Å². The Morgan fingerprint density at radius 2 is 1.71 bits per heavy atom. The molecular weight excluding hydrogens is 308 g/mol. The molecule has 4 rings (SSSR count). The molecule has 0 saturated heterocycles. The molecule has 0 radical (unpaired) electrons. The van der Waals surface area contributed by atoms with Crippen LogP contribution in [0.15, 0.2) is 28.9 Å². The third-order valence-corrected chi connectivity index (χ3v) is 5.20. The molecule has 0 spiro atoms. The minimum atomic E-state index is -2.04. The summed E-state index contributed by atoms with van der Waals surface area (Å²) in [5.41, 5.74) is 1.87. The van der Waals surface area contributed by atoms with Crippen molar-refractivity contribution in [3.8, 4) is 11.3 Å². The van der Waals surface area contributed by atoms with Gasteiger partial charge in [-0.05, 0) is 29.7 Å². The summed E-state index contributed by atoms with van der Waals surface area (Å²) in [6.07, 6.45) is 4.21. The first-order chi connectivity index (χ1) is 11.2. The molecule has 1 heterocycles. The van der Waals surface area contributed by atoms with Crippen LogP contribution in [0.2, 0.25) is 0 Å². The van der Waals surface area contributed by atoms with Crippen molar-refractivity contribution in [2.24, 2.45) is 0 Å². The van der Waals surface area contributed by atoms with Crippen LogP contribution in [0.25, 0.3) is 17.4 Å². The number of hydrogen-bond acceptors (Lipinski definition) is 5. The molecule has 122 valence electrons. The number of rotatable bonds is 0. The van der Waals surface area contributed by atoms with E-state index >= 15 is 0 Å². The van der Waals surface area contributed by atoms with Gasteiger partial charge in [0.1, 0.15) is 5.76 Å². The Bertz CT molecular complexity index is 956. The zero-order valence-corrected chi connectivity index (χ0v) is 13.5. The van der Waals surface area contributed by atoms with E-state index in [4.69, 9.17) is 4.42 Å². The van der Waals surface area contributed by atoms with E-state index in [1.807, 2.05) is 0 Å². The molecule has 0 unspecified atom stereocenters. The molecule has 24 heavy (non-hydrogen) atoms. The lowest BCUT2D eigenvalue weighted by molar-refractivity contribution is -0.165. The Labute approximate surface area is 138 Å². The Balaban J connectivity index is 2.08. The SMILES string of the molecule is Cc1coc2c1C(=O)C(=O)c1c-2ccc2c1C=CC(O)(O)C2(C)C. The number of ketones is 2. The Morgan fingerprint density at radius 1 is 1.04 bits per heavy atom. The minimum absolute atomic E-state index is 0.263. The summed E-state index contributed by atoms with van der Waals surface area (Å²) in [6.45, 7) is 5.09. The fraction of sp³-hybridized carbons (Fsp3) is 0.263. The highest BCUT2D eigenvalue weighted by Gasteiger charge is 2.47. The van der Waals surface area contributed by atoms with E-state index in [-0.39, 0.29) is 5.56 Å². The number of Topliss-reactive ketones (excluding diaryl/α,β-unsaturated/α-hetero) is 2. The van der Waals surface area contributed by atoms with Crippen LogP contribution in [-0.2, 0) is 5.41 Å². The van der Waals surface area contributed by atoms with Crippen LogP contribution >= 0.6 is 0 Å². The van der Waals surface area contributed by atoms with Crippen molar-refractivity contribution in [3.63, 3.8) is 0 Å². The van der Waals surface area contributed by atoms with Crippen molar-refractivity contribution in [1.29, 1.82) is 0 Å². The number of benzene rings is 1. The third kappa shape index (κ3) is 1.60. The van der Waals surface area contributed by atoms with Crippen molar-refractivity contribution >= 4 is 17.6 Å². The predicted octanol–water partition coefficient (Wildman–Crippen LogP) is 2.62. The molecule has 2 aromatic rings. The molecule has 0 fully saturated rings. The van der Waals surface area contributed by atoms with Gasteiger partial charge in [-0.25, -0.2) is 0 Å². The van der Waals surface area contributed by atoms with E-state index in [1.54, 1.807) is 32.9 Å². The highest BCUT2D eigenvalue weighted by atomic mass is 16.5. The highest BCUT2D eigenvalue weighted by molar-refractivity contribution is 6.53. The van der Waals surface area contributed by atoms with E-state index < -0.39 is 22.8 Å². The first-order valence-corrected chi connectivity index (χ1v) is 7.66. The van der Waals surface area contributed by atoms with Gasteiger partial charge in [-0.2, -0.15) is 0 Å². The zero-order chi connectivity index (χ0) is 17.4. The predicted molar refractivity (Wildman–Crippen MR) is 86.8 cm³/mol. The fourth-order valence-electron chi connectivity index (χ4n) is 3.53. The lowest BCUT2D eigenvalue weighted by Crippen LogP contribution is -2.48. The van der Waals surface area contributed by atoms with Gasteiger partial charge < -0.3 is 14.6 Å². The second-order valence-electron chi connectivity index (χ2n) is 6.91. The number of aryl methyl sites for hydroxylation is 1. The van der Waals surface area contributed by atoms with Gasteiger partial charge in [0.25, 0.3) is 0 Å². The molecule has 2 aliphatic rings. The van der Waals surface area contributed by atoms with Gasteiger partial charge in [-0.3, -0.25) is 9.59 Å². The average molecular weight is 324 g/mol. The summed E-state index contributed by atoms with van der Waals surface area (Å²) in [4.78, 5) is 25.2. The number of aliphatic hydroxyl groups is 2. The number of fused-ring (bicyclic) bond motifs is 5. The topological polar surface area (TPSA) is 87.7 Å². The van der Waals surface area contributed by atoms with Gasteiger partial charge >= 0.3 is 0 Å². The van der Waals surface area contributed by atoms with E-state index in [0.29, 0.717) is 33.6 Å². The van der Waals surface area contributed by atoms with Crippen molar-refractivity contribution in [2.75, 3.05) is 0 Å². The van der Waals surface area contributed by atoms with Crippen molar-refractivity contribution in [2.45, 2.75) is 32.0 Å². The smallest absolute Gasteiger partial charge is 0.237 e. The summed E-state index contributed by atoms with van der Waals surface area (Å²) in [5, 5.41) is 20.5. The molecule has 0 saturated carbocycles. The van der Waals surface area contributed by atoms with Crippen LogP contribution in [0.1, 0.15) is 51.3 Å². The van der Waals surface area contributed by atoms with Gasteiger partial charge in [0.2, 0.25) is 11.6 Å². The quantitative estimate of drug-likeness (QED) is 0.574. The Morgan fingerprint density at radius 3 is 2.42 bits per heavy atom. The monoisotopic (exact) mass is 324 g/mol. The second-order valence-corrected chi connectivity index (χ2v) is 6.91. The average Bonchev–Trinajstić information content (AvgIpc) is 2.90. The largest absolute Gasteiger partial charge is 0.463 e. The Kier molecular flexibility index (Phi) is 2.71. The lowest BCUT2D eigenvalue weighted by atomic mass is 9.68. The number of hydrogen-bond donors (Lipinski definition) is 2.